The second kappa shape index (κ2) is 5.64. The zero-order valence-corrected chi connectivity index (χ0v) is 14.5. The van der Waals surface area contributed by atoms with E-state index >= 15 is 0 Å². The van der Waals surface area contributed by atoms with Gasteiger partial charge < -0.3 is 5.32 Å². The zero-order valence-electron chi connectivity index (χ0n) is 10.5. The molecule has 1 aliphatic carbocycles. The number of thiazole rings is 1. The second-order valence-electron chi connectivity index (χ2n) is 4.69. The maximum Gasteiger partial charge on any atom is 0.123 e. The van der Waals surface area contributed by atoms with Crippen LogP contribution in [0, 0.1) is 0 Å². The van der Waals surface area contributed by atoms with Crippen LogP contribution in [0.3, 0.4) is 0 Å². The van der Waals surface area contributed by atoms with Crippen LogP contribution >= 0.6 is 43.2 Å². The van der Waals surface area contributed by atoms with Gasteiger partial charge in [-0.2, -0.15) is 0 Å². The van der Waals surface area contributed by atoms with Crippen molar-refractivity contribution < 1.29 is 0 Å². The Balaban J connectivity index is 2.02. The van der Waals surface area contributed by atoms with Gasteiger partial charge in [-0.25, -0.2) is 4.98 Å². The third-order valence-corrected chi connectivity index (χ3v) is 6.61. The Hall–Kier alpha value is -0.230. The highest BCUT2D eigenvalue weighted by Crippen LogP contribution is 2.38. The molecule has 0 spiro atoms. The van der Waals surface area contributed by atoms with E-state index in [-0.39, 0.29) is 0 Å². The largest absolute Gasteiger partial charge is 0.312 e. The standard InChI is InChI=1S/C14H14Br2N2S/c1-17-11-3-2-4-12-13(11)19-14(18-12)8-5-6-9(15)10(16)7-8/h5-7,11,17H,2-4H2,1H3. The quantitative estimate of drug-likeness (QED) is 0.771. The maximum absolute atomic E-state index is 4.83. The van der Waals surface area contributed by atoms with Gasteiger partial charge in [-0.3, -0.25) is 0 Å². The van der Waals surface area contributed by atoms with Crippen LogP contribution in [0.2, 0.25) is 0 Å². The van der Waals surface area contributed by atoms with Crippen LogP contribution in [0.1, 0.15) is 29.5 Å². The van der Waals surface area contributed by atoms with Crippen molar-refractivity contribution in [2.45, 2.75) is 25.3 Å². The third kappa shape index (κ3) is 2.66. The first-order valence-corrected chi connectivity index (χ1v) is 8.71. The molecule has 2 aromatic rings. The molecule has 100 valence electrons. The minimum atomic E-state index is 0.480. The highest BCUT2D eigenvalue weighted by atomic mass is 79.9. The van der Waals surface area contributed by atoms with Gasteiger partial charge in [0.15, 0.2) is 0 Å². The molecular weight excluding hydrogens is 388 g/mol. The van der Waals surface area contributed by atoms with Gasteiger partial charge in [-0.15, -0.1) is 11.3 Å². The molecule has 0 radical (unpaired) electrons. The van der Waals surface area contributed by atoms with Crippen LogP contribution in [0.5, 0.6) is 0 Å². The monoisotopic (exact) mass is 400 g/mol. The Kier molecular flexibility index (Phi) is 4.08. The fourth-order valence-electron chi connectivity index (χ4n) is 2.45. The predicted molar refractivity (Wildman–Crippen MR) is 87.7 cm³/mol. The van der Waals surface area contributed by atoms with Crippen LogP contribution in [-0.4, -0.2) is 12.0 Å². The molecule has 0 fully saturated rings. The van der Waals surface area contributed by atoms with Crippen molar-refractivity contribution >= 4 is 43.2 Å². The van der Waals surface area contributed by atoms with E-state index in [1.54, 1.807) is 0 Å². The van der Waals surface area contributed by atoms with Crippen LogP contribution in [0.15, 0.2) is 27.1 Å². The van der Waals surface area contributed by atoms with Crippen molar-refractivity contribution in [3.63, 3.8) is 0 Å². The second-order valence-corrected chi connectivity index (χ2v) is 7.43. The summed E-state index contributed by atoms with van der Waals surface area (Å²) in [7, 11) is 2.04. The Labute approximate surface area is 133 Å². The molecule has 2 nitrogen and oxygen atoms in total. The molecule has 0 amide bonds. The van der Waals surface area contributed by atoms with Crippen molar-refractivity contribution in [3.05, 3.63) is 37.7 Å². The average molecular weight is 402 g/mol. The Bertz CT molecular complexity index is 609. The number of aryl methyl sites for hydroxylation is 1. The summed E-state index contributed by atoms with van der Waals surface area (Å²) >= 11 is 8.89. The molecular formula is C14H14Br2N2S. The smallest absolute Gasteiger partial charge is 0.123 e. The molecule has 0 bridgehead atoms. The van der Waals surface area contributed by atoms with Crippen molar-refractivity contribution in [3.8, 4) is 10.6 Å². The summed E-state index contributed by atoms with van der Waals surface area (Å²) in [5, 5.41) is 4.52. The van der Waals surface area contributed by atoms with E-state index in [1.807, 2.05) is 18.4 Å². The van der Waals surface area contributed by atoms with Gasteiger partial charge in [0, 0.05) is 25.4 Å². The first-order chi connectivity index (χ1) is 9.19. The molecule has 1 aromatic carbocycles. The lowest BCUT2D eigenvalue weighted by atomic mass is 9.98. The highest BCUT2D eigenvalue weighted by molar-refractivity contribution is 9.13. The van der Waals surface area contributed by atoms with Gasteiger partial charge in [-0.05, 0) is 70.3 Å². The maximum atomic E-state index is 4.83. The number of rotatable bonds is 2. The number of fused-ring (bicyclic) bond motifs is 1. The van der Waals surface area contributed by atoms with Gasteiger partial charge in [0.25, 0.3) is 0 Å². The molecule has 19 heavy (non-hydrogen) atoms. The Morgan fingerprint density at radius 1 is 1.32 bits per heavy atom. The summed E-state index contributed by atoms with van der Waals surface area (Å²) in [6.07, 6.45) is 3.56. The molecule has 0 saturated carbocycles. The molecule has 1 atom stereocenters. The summed E-state index contributed by atoms with van der Waals surface area (Å²) < 4.78 is 2.15. The summed E-state index contributed by atoms with van der Waals surface area (Å²) in [4.78, 5) is 6.25. The molecule has 1 unspecified atom stereocenters. The van der Waals surface area contributed by atoms with E-state index < -0.39 is 0 Å². The average Bonchev–Trinajstić information content (AvgIpc) is 2.85. The number of hydrogen-bond acceptors (Lipinski definition) is 3. The van der Waals surface area contributed by atoms with E-state index in [1.165, 1.54) is 29.0 Å². The number of nitrogens with one attached hydrogen (secondary N) is 1. The minimum Gasteiger partial charge on any atom is -0.312 e. The lowest BCUT2D eigenvalue weighted by Crippen LogP contribution is -2.19. The van der Waals surface area contributed by atoms with Crippen LogP contribution in [-0.2, 0) is 6.42 Å². The number of aromatic nitrogens is 1. The molecule has 1 aliphatic rings. The van der Waals surface area contributed by atoms with Crippen molar-refractivity contribution in [1.29, 1.82) is 0 Å². The summed E-state index contributed by atoms with van der Waals surface area (Å²) in [6, 6.07) is 6.79. The lowest BCUT2D eigenvalue weighted by molar-refractivity contribution is 0.501. The molecule has 1 heterocycles. The summed E-state index contributed by atoms with van der Waals surface area (Å²) in [5.74, 6) is 0. The number of benzene rings is 1. The van der Waals surface area contributed by atoms with E-state index in [9.17, 15) is 0 Å². The normalized spacial score (nSPS) is 18.4. The summed E-state index contributed by atoms with van der Waals surface area (Å²) in [6.45, 7) is 0. The minimum absolute atomic E-state index is 0.480. The number of hydrogen-bond donors (Lipinski definition) is 1. The first-order valence-electron chi connectivity index (χ1n) is 6.31. The topological polar surface area (TPSA) is 24.9 Å². The fourth-order valence-corrected chi connectivity index (χ4v) is 4.33. The fraction of sp³-hybridized carbons (Fsp3) is 0.357. The van der Waals surface area contributed by atoms with E-state index in [0.29, 0.717) is 6.04 Å². The van der Waals surface area contributed by atoms with Gasteiger partial charge in [-0.1, -0.05) is 6.07 Å². The molecule has 1 N–H and O–H groups in total. The molecule has 0 saturated heterocycles. The molecule has 3 rings (SSSR count). The van der Waals surface area contributed by atoms with Gasteiger partial charge in [0.2, 0.25) is 0 Å². The van der Waals surface area contributed by atoms with Crippen LogP contribution in [0.25, 0.3) is 10.6 Å². The van der Waals surface area contributed by atoms with Crippen molar-refractivity contribution in [2.75, 3.05) is 7.05 Å². The molecule has 5 heteroatoms. The lowest BCUT2D eigenvalue weighted by Gasteiger charge is -2.19. The number of nitrogens with zero attached hydrogens (tertiary/aromatic N) is 1. The van der Waals surface area contributed by atoms with Crippen LogP contribution < -0.4 is 5.32 Å². The molecule has 0 aliphatic heterocycles. The third-order valence-electron chi connectivity index (χ3n) is 3.47. The SMILES string of the molecule is CNC1CCCc2nc(-c3ccc(Br)c(Br)c3)sc21. The van der Waals surface area contributed by atoms with Crippen molar-refractivity contribution in [1.82, 2.24) is 10.3 Å². The number of halogens is 2. The van der Waals surface area contributed by atoms with E-state index in [0.717, 1.165) is 20.4 Å². The van der Waals surface area contributed by atoms with Crippen LogP contribution in [0.4, 0.5) is 0 Å². The van der Waals surface area contributed by atoms with E-state index in [2.05, 4.69) is 55.4 Å². The van der Waals surface area contributed by atoms with Gasteiger partial charge in [0.1, 0.15) is 5.01 Å². The zero-order chi connectivity index (χ0) is 13.4. The van der Waals surface area contributed by atoms with Gasteiger partial charge in [0.05, 0.1) is 5.69 Å². The van der Waals surface area contributed by atoms with Gasteiger partial charge >= 0.3 is 0 Å². The Morgan fingerprint density at radius 2 is 2.16 bits per heavy atom. The first kappa shape index (κ1) is 13.7. The Morgan fingerprint density at radius 3 is 2.89 bits per heavy atom. The molecule has 1 aromatic heterocycles. The van der Waals surface area contributed by atoms with Crippen molar-refractivity contribution in [2.24, 2.45) is 0 Å². The highest BCUT2D eigenvalue weighted by Gasteiger charge is 2.23. The predicted octanol–water partition coefficient (Wildman–Crippen LogP) is 4.93. The summed E-state index contributed by atoms with van der Waals surface area (Å²) in [5.41, 5.74) is 2.47. The van der Waals surface area contributed by atoms with E-state index in [4.69, 9.17) is 4.98 Å².